The van der Waals surface area contributed by atoms with Crippen LogP contribution in [-0.4, -0.2) is 30.8 Å². The third kappa shape index (κ3) is 5.38. The first-order valence-corrected chi connectivity index (χ1v) is 15.2. The van der Waals surface area contributed by atoms with Crippen molar-refractivity contribution < 1.29 is 32.2 Å². The van der Waals surface area contributed by atoms with Crippen molar-refractivity contribution in [3.63, 3.8) is 0 Å². The van der Waals surface area contributed by atoms with Crippen molar-refractivity contribution in [2.24, 2.45) is 64.6 Å². The van der Waals surface area contributed by atoms with Crippen molar-refractivity contribution in [1.29, 1.82) is 0 Å². The van der Waals surface area contributed by atoms with Gasteiger partial charge in [-0.1, -0.05) is 48.0 Å². The molecular formula is C31H49F3O4. The SMILES string of the molecule is CC(C)COC(=O)C1(C(F)(F)F)CC2CC1C(C)C2C.CC1C2CC(C(=O)OC3CCCCC3)C(C2)C1C. The number of alkyl halides is 3. The van der Waals surface area contributed by atoms with E-state index in [1.54, 1.807) is 0 Å². The van der Waals surface area contributed by atoms with E-state index < -0.39 is 23.5 Å². The van der Waals surface area contributed by atoms with Gasteiger partial charge in [0.15, 0.2) is 5.41 Å². The van der Waals surface area contributed by atoms with Crippen molar-refractivity contribution >= 4 is 11.9 Å². The second-order valence-corrected chi connectivity index (χ2v) is 13.9. The van der Waals surface area contributed by atoms with Crippen LogP contribution in [0.3, 0.4) is 0 Å². The molecule has 4 bridgehead atoms. The summed E-state index contributed by atoms with van der Waals surface area (Å²) in [5.74, 6) is 1.82. The van der Waals surface area contributed by atoms with E-state index >= 15 is 0 Å². The van der Waals surface area contributed by atoms with Gasteiger partial charge in [-0.05, 0) is 105 Å². The first kappa shape index (κ1) is 29.7. The molecule has 0 aromatic heterocycles. The van der Waals surface area contributed by atoms with Gasteiger partial charge in [-0.2, -0.15) is 13.2 Å². The average Bonchev–Trinajstić information content (AvgIpc) is 3.60. The van der Waals surface area contributed by atoms with Crippen LogP contribution in [-0.2, 0) is 19.1 Å². The van der Waals surface area contributed by atoms with Gasteiger partial charge in [-0.15, -0.1) is 0 Å². The Morgan fingerprint density at radius 1 is 0.868 bits per heavy atom. The number of rotatable bonds is 5. The van der Waals surface area contributed by atoms with Gasteiger partial charge in [0.2, 0.25) is 0 Å². The highest BCUT2D eigenvalue weighted by molar-refractivity contribution is 5.79. The summed E-state index contributed by atoms with van der Waals surface area (Å²) in [6, 6.07) is 0. The number of hydrogen-bond acceptors (Lipinski definition) is 4. The normalized spacial score (nSPS) is 42.2. The second-order valence-electron chi connectivity index (χ2n) is 13.9. The van der Waals surface area contributed by atoms with Gasteiger partial charge in [-0.3, -0.25) is 9.59 Å². The number of hydrogen-bond donors (Lipinski definition) is 0. The van der Waals surface area contributed by atoms with E-state index in [0.717, 1.165) is 31.1 Å². The Morgan fingerprint density at radius 2 is 1.50 bits per heavy atom. The summed E-state index contributed by atoms with van der Waals surface area (Å²) < 4.78 is 51.7. The molecule has 5 fully saturated rings. The zero-order valence-corrected chi connectivity index (χ0v) is 24.2. The van der Waals surface area contributed by atoms with Gasteiger partial charge in [-0.25, -0.2) is 0 Å². The van der Waals surface area contributed by atoms with E-state index in [2.05, 4.69) is 13.8 Å². The molecule has 0 aromatic rings. The lowest BCUT2D eigenvalue weighted by molar-refractivity contribution is -0.254. The van der Waals surface area contributed by atoms with Crippen molar-refractivity contribution in [2.75, 3.05) is 6.61 Å². The summed E-state index contributed by atoms with van der Waals surface area (Å²) in [7, 11) is 0. The molecule has 5 aliphatic carbocycles. The van der Waals surface area contributed by atoms with Crippen LogP contribution in [0.5, 0.6) is 0 Å². The molecule has 4 nitrogen and oxygen atoms in total. The molecule has 218 valence electrons. The zero-order chi connectivity index (χ0) is 28.0. The standard InChI is InChI=1S/C16H26O2.C15H23F3O2/c1-10-11(2)14-8-12(10)9-15(14)16(17)18-13-6-4-3-5-7-13;1-8(2)7-20-13(19)14(15(16,17)18)6-11-5-12(14)10(4)9(11)3/h10-15H,3-9H2,1-2H3;8-12H,5-7H2,1-4H3. The molecule has 10 unspecified atom stereocenters. The second kappa shape index (κ2) is 11.3. The molecule has 0 aromatic carbocycles. The highest BCUT2D eigenvalue weighted by Gasteiger charge is 2.73. The predicted molar refractivity (Wildman–Crippen MR) is 140 cm³/mol. The molecule has 10 atom stereocenters. The maximum Gasteiger partial charge on any atom is 0.405 e. The van der Waals surface area contributed by atoms with Gasteiger partial charge in [0, 0.05) is 0 Å². The van der Waals surface area contributed by atoms with E-state index in [-0.39, 0.29) is 54.7 Å². The number of halogens is 3. The average molecular weight is 543 g/mol. The molecule has 0 amide bonds. The Labute approximate surface area is 227 Å². The Morgan fingerprint density at radius 3 is 2.00 bits per heavy atom. The van der Waals surface area contributed by atoms with Gasteiger partial charge >= 0.3 is 18.1 Å². The molecule has 0 spiro atoms. The highest BCUT2D eigenvalue weighted by atomic mass is 19.4. The molecule has 0 aliphatic heterocycles. The minimum atomic E-state index is -4.52. The molecule has 5 aliphatic rings. The van der Waals surface area contributed by atoms with Crippen LogP contribution in [0.25, 0.3) is 0 Å². The van der Waals surface area contributed by atoms with E-state index in [0.29, 0.717) is 18.3 Å². The zero-order valence-electron chi connectivity index (χ0n) is 24.2. The molecule has 5 rings (SSSR count). The third-order valence-corrected chi connectivity index (χ3v) is 11.4. The van der Waals surface area contributed by atoms with Crippen LogP contribution in [0.15, 0.2) is 0 Å². The largest absolute Gasteiger partial charge is 0.465 e. The fraction of sp³-hybridized carbons (Fsp3) is 0.935. The smallest absolute Gasteiger partial charge is 0.405 e. The Kier molecular flexibility index (Phi) is 8.84. The fourth-order valence-electron chi connectivity index (χ4n) is 8.73. The van der Waals surface area contributed by atoms with E-state index in [4.69, 9.17) is 9.47 Å². The van der Waals surface area contributed by atoms with Gasteiger partial charge in [0.05, 0.1) is 12.5 Å². The number of esters is 2. The maximum atomic E-state index is 13.6. The lowest BCUT2D eigenvalue weighted by Gasteiger charge is -2.41. The van der Waals surface area contributed by atoms with Crippen molar-refractivity contribution in [3.8, 4) is 0 Å². The van der Waals surface area contributed by atoms with Crippen molar-refractivity contribution in [1.82, 2.24) is 0 Å². The molecule has 38 heavy (non-hydrogen) atoms. The minimum Gasteiger partial charge on any atom is -0.465 e. The molecule has 0 heterocycles. The van der Waals surface area contributed by atoms with Crippen LogP contribution >= 0.6 is 0 Å². The topological polar surface area (TPSA) is 52.6 Å². The molecule has 7 heteroatoms. The van der Waals surface area contributed by atoms with Crippen molar-refractivity contribution in [3.05, 3.63) is 0 Å². The Balaban J connectivity index is 0.000000178. The van der Waals surface area contributed by atoms with Gasteiger partial charge in [0.25, 0.3) is 0 Å². The highest BCUT2D eigenvalue weighted by Crippen LogP contribution is 2.66. The maximum absolute atomic E-state index is 13.6. The number of carbonyl (C=O) groups excluding carboxylic acids is 2. The van der Waals surface area contributed by atoms with E-state index in [9.17, 15) is 22.8 Å². The lowest BCUT2D eigenvalue weighted by atomic mass is 9.65. The van der Waals surface area contributed by atoms with Crippen LogP contribution in [0.2, 0.25) is 0 Å². The van der Waals surface area contributed by atoms with Crippen molar-refractivity contribution in [2.45, 2.75) is 112 Å². The first-order chi connectivity index (χ1) is 17.8. The molecule has 0 radical (unpaired) electrons. The van der Waals surface area contributed by atoms with Crippen LogP contribution in [0.1, 0.15) is 99.3 Å². The molecule has 5 saturated carbocycles. The summed E-state index contributed by atoms with van der Waals surface area (Å²) in [6.07, 6.45) is 4.47. The summed E-state index contributed by atoms with van der Waals surface area (Å²) in [5.41, 5.74) is -2.27. The monoisotopic (exact) mass is 542 g/mol. The molecule has 0 saturated heterocycles. The van der Waals surface area contributed by atoms with Crippen LogP contribution < -0.4 is 0 Å². The van der Waals surface area contributed by atoms with E-state index in [1.165, 1.54) is 25.7 Å². The summed E-state index contributed by atoms with van der Waals surface area (Å²) in [4.78, 5) is 24.6. The van der Waals surface area contributed by atoms with Crippen LogP contribution in [0.4, 0.5) is 13.2 Å². The lowest BCUT2D eigenvalue weighted by Crippen LogP contribution is -2.53. The Bertz CT molecular complexity index is 847. The Hall–Kier alpha value is -1.27. The number of carbonyl (C=O) groups is 2. The summed E-state index contributed by atoms with van der Waals surface area (Å²) in [6.45, 7) is 12.2. The summed E-state index contributed by atoms with van der Waals surface area (Å²) in [5, 5.41) is 0. The quantitative estimate of drug-likeness (QED) is 0.332. The van der Waals surface area contributed by atoms with Crippen LogP contribution in [0, 0.1) is 64.6 Å². The number of ether oxygens (including phenoxy) is 2. The fourth-order valence-corrected chi connectivity index (χ4v) is 8.73. The van der Waals surface area contributed by atoms with Gasteiger partial charge in [0.1, 0.15) is 6.10 Å². The first-order valence-electron chi connectivity index (χ1n) is 15.2. The molecule has 0 N–H and O–H groups in total. The van der Waals surface area contributed by atoms with Gasteiger partial charge < -0.3 is 9.47 Å². The minimum absolute atomic E-state index is 0.0109. The van der Waals surface area contributed by atoms with E-state index in [1.807, 2.05) is 27.7 Å². The third-order valence-electron chi connectivity index (χ3n) is 11.4. The molecular weight excluding hydrogens is 493 g/mol. The predicted octanol–water partition coefficient (Wildman–Crippen LogP) is 7.84. The summed E-state index contributed by atoms with van der Waals surface area (Å²) >= 11 is 0. The number of fused-ring (bicyclic) bond motifs is 4.